The van der Waals surface area contributed by atoms with Crippen molar-refractivity contribution in [3.05, 3.63) is 33.9 Å². The fraction of sp³-hybridized carbons (Fsp3) is 0.600. The van der Waals surface area contributed by atoms with E-state index in [4.69, 9.17) is 9.15 Å². The van der Waals surface area contributed by atoms with Crippen molar-refractivity contribution in [2.45, 2.75) is 38.2 Å². The van der Waals surface area contributed by atoms with Crippen LogP contribution in [0.4, 0.5) is 0 Å². The number of carbonyl (C=O) groups excluding carboxylic acids is 1. The Morgan fingerprint density at radius 2 is 2.05 bits per heavy atom. The molecule has 2 heterocycles. The van der Waals surface area contributed by atoms with Gasteiger partial charge in [0.25, 0.3) is 5.91 Å². The van der Waals surface area contributed by atoms with Crippen LogP contribution in [0.5, 0.6) is 0 Å². The predicted octanol–water partition coefficient (Wildman–Crippen LogP) is 1.73. The van der Waals surface area contributed by atoms with Gasteiger partial charge in [0.15, 0.2) is 11.2 Å². The van der Waals surface area contributed by atoms with Gasteiger partial charge in [-0.3, -0.25) is 9.59 Å². The van der Waals surface area contributed by atoms with Crippen LogP contribution in [0.3, 0.4) is 0 Å². The van der Waals surface area contributed by atoms with Crippen LogP contribution in [-0.4, -0.2) is 36.1 Å². The first-order valence-corrected chi connectivity index (χ1v) is 7.13. The zero-order valence-electron chi connectivity index (χ0n) is 11.7. The highest BCUT2D eigenvalue weighted by Gasteiger charge is 2.41. The van der Waals surface area contributed by atoms with Gasteiger partial charge >= 0.3 is 0 Å². The van der Waals surface area contributed by atoms with E-state index in [0.717, 1.165) is 25.7 Å². The molecule has 0 atom stereocenters. The fourth-order valence-electron chi connectivity index (χ4n) is 3.20. The second kappa shape index (κ2) is 5.05. The van der Waals surface area contributed by atoms with Gasteiger partial charge in [0.05, 0.1) is 18.8 Å². The Hall–Kier alpha value is -1.62. The van der Waals surface area contributed by atoms with Gasteiger partial charge < -0.3 is 14.1 Å². The Kier molecular flexibility index (Phi) is 3.38. The largest absolute Gasteiger partial charge is 0.456 e. The lowest BCUT2D eigenvalue weighted by atomic mass is 9.99. The van der Waals surface area contributed by atoms with Gasteiger partial charge in [-0.1, -0.05) is 12.8 Å². The maximum Gasteiger partial charge on any atom is 0.289 e. The monoisotopic (exact) mass is 277 g/mol. The quantitative estimate of drug-likeness (QED) is 0.784. The van der Waals surface area contributed by atoms with Crippen molar-refractivity contribution in [1.82, 2.24) is 4.90 Å². The summed E-state index contributed by atoms with van der Waals surface area (Å²) in [5.74, 6) is 0.384. The van der Waals surface area contributed by atoms with Crippen LogP contribution in [0.25, 0.3) is 0 Å². The van der Waals surface area contributed by atoms with Gasteiger partial charge in [-0.15, -0.1) is 0 Å². The third kappa shape index (κ3) is 2.50. The normalized spacial score (nSPS) is 21.4. The van der Waals surface area contributed by atoms with Gasteiger partial charge in [-0.2, -0.15) is 0 Å². The molecule has 1 saturated carbocycles. The van der Waals surface area contributed by atoms with Gasteiger partial charge in [0.1, 0.15) is 5.76 Å². The molecule has 2 aliphatic rings. The van der Waals surface area contributed by atoms with E-state index < -0.39 is 0 Å². The van der Waals surface area contributed by atoms with E-state index in [9.17, 15) is 9.59 Å². The molecular formula is C15H19NO4. The van der Waals surface area contributed by atoms with Crippen LogP contribution in [0.15, 0.2) is 21.3 Å². The Bertz CT molecular complexity index is 571. The molecule has 1 spiro atoms. The smallest absolute Gasteiger partial charge is 0.289 e. The molecule has 1 aromatic heterocycles. The number of carbonyl (C=O) groups is 1. The topological polar surface area (TPSA) is 59.8 Å². The summed E-state index contributed by atoms with van der Waals surface area (Å²) in [6.07, 6.45) is 4.33. The zero-order valence-corrected chi connectivity index (χ0v) is 11.7. The molecule has 0 unspecified atom stereocenters. The first-order chi connectivity index (χ1) is 9.58. The molecule has 108 valence electrons. The number of hydrogen-bond acceptors (Lipinski definition) is 4. The molecule has 1 aliphatic carbocycles. The number of morpholine rings is 1. The van der Waals surface area contributed by atoms with E-state index in [2.05, 4.69) is 0 Å². The Balaban J connectivity index is 1.81. The molecular weight excluding hydrogens is 258 g/mol. The lowest BCUT2D eigenvalue weighted by Gasteiger charge is -2.40. The third-order valence-corrected chi connectivity index (χ3v) is 4.15. The molecule has 20 heavy (non-hydrogen) atoms. The van der Waals surface area contributed by atoms with E-state index in [1.807, 2.05) is 0 Å². The number of nitrogens with zero attached hydrogens (tertiary/aromatic N) is 1. The van der Waals surface area contributed by atoms with Crippen LogP contribution in [0.2, 0.25) is 0 Å². The van der Waals surface area contributed by atoms with Crippen LogP contribution in [-0.2, 0) is 4.74 Å². The summed E-state index contributed by atoms with van der Waals surface area (Å²) in [7, 11) is 0. The highest BCUT2D eigenvalue weighted by Crippen LogP contribution is 2.36. The lowest BCUT2D eigenvalue weighted by molar-refractivity contribution is -0.0952. The molecule has 1 saturated heterocycles. The summed E-state index contributed by atoms with van der Waals surface area (Å²) in [5.41, 5.74) is -0.362. The minimum atomic E-state index is -0.208. The van der Waals surface area contributed by atoms with Crippen molar-refractivity contribution in [3.63, 3.8) is 0 Å². The van der Waals surface area contributed by atoms with Crippen molar-refractivity contribution >= 4 is 5.91 Å². The first-order valence-electron chi connectivity index (χ1n) is 7.13. The van der Waals surface area contributed by atoms with Crippen molar-refractivity contribution in [1.29, 1.82) is 0 Å². The number of rotatable bonds is 1. The van der Waals surface area contributed by atoms with Crippen LogP contribution >= 0.6 is 0 Å². The van der Waals surface area contributed by atoms with Gasteiger partial charge in [-0.25, -0.2) is 0 Å². The summed E-state index contributed by atoms with van der Waals surface area (Å²) < 4.78 is 11.3. The zero-order chi connectivity index (χ0) is 14.2. The van der Waals surface area contributed by atoms with Gasteiger partial charge in [-0.05, 0) is 19.8 Å². The maximum absolute atomic E-state index is 12.5. The summed E-state index contributed by atoms with van der Waals surface area (Å²) >= 11 is 0. The number of hydrogen-bond donors (Lipinski definition) is 0. The summed E-state index contributed by atoms with van der Waals surface area (Å²) in [4.78, 5) is 25.7. The minimum absolute atomic E-state index is 0.130. The summed E-state index contributed by atoms with van der Waals surface area (Å²) in [6.45, 7) is 3.39. The average Bonchev–Trinajstić information content (AvgIpc) is 2.85. The Labute approximate surface area is 117 Å². The van der Waals surface area contributed by atoms with E-state index in [-0.39, 0.29) is 22.7 Å². The van der Waals surface area contributed by atoms with Gasteiger partial charge in [0, 0.05) is 18.7 Å². The van der Waals surface area contributed by atoms with Crippen molar-refractivity contribution < 1.29 is 13.9 Å². The molecule has 5 heteroatoms. The lowest BCUT2D eigenvalue weighted by Crippen LogP contribution is -2.52. The number of ether oxygens (including phenoxy) is 1. The SMILES string of the molecule is Cc1cc(=O)cc(C(=O)N2CCOC3(CCCC3)C2)o1. The highest BCUT2D eigenvalue weighted by atomic mass is 16.5. The Morgan fingerprint density at radius 1 is 1.30 bits per heavy atom. The van der Waals surface area contributed by atoms with E-state index in [1.54, 1.807) is 11.8 Å². The molecule has 1 aliphatic heterocycles. The van der Waals surface area contributed by atoms with Crippen LogP contribution in [0, 0.1) is 6.92 Å². The first kappa shape index (κ1) is 13.4. The molecule has 0 N–H and O–H groups in total. The molecule has 5 nitrogen and oxygen atoms in total. The molecule has 0 bridgehead atoms. The number of amides is 1. The third-order valence-electron chi connectivity index (χ3n) is 4.15. The Morgan fingerprint density at radius 3 is 2.75 bits per heavy atom. The maximum atomic E-state index is 12.5. The second-order valence-electron chi connectivity index (χ2n) is 5.73. The molecule has 1 amide bonds. The molecule has 0 aromatic carbocycles. The molecule has 2 fully saturated rings. The van der Waals surface area contributed by atoms with E-state index in [0.29, 0.717) is 25.5 Å². The highest BCUT2D eigenvalue weighted by molar-refractivity contribution is 5.91. The molecule has 0 radical (unpaired) electrons. The standard InChI is InChI=1S/C15H19NO4/c1-11-8-12(17)9-13(20-11)14(18)16-6-7-19-15(10-16)4-2-3-5-15/h8-9H,2-7,10H2,1H3. The average molecular weight is 277 g/mol. The van der Waals surface area contributed by atoms with Crippen LogP contribution in [0.1, 0.15) is 42.0 Å². The minimum Gasteiger partial charge on any atom is -0.456 e. The van der Waals surface area contributed by atoms with Crippen molar-refractivity contribution in [2.24, 2.45) is 0 Å². The molecule has 3 rings (SSSR count). The summed E-state index contributed by atoms with van der Waals surface area (Å²) in [6, 6.07) is 2.65. The molecule has 1 aromatic rings. The van der Waals surface area contributed by atoms with Crippen molar-refractivity contribution in [2.75, 3.05) is 19.7 Å². The van der Waals surface area contributed by atoms with Gasteiger partial charge in [0.2, 0.25) is 0 Å². The van der Waals surface area contributed by atoms with E-state index >= 15 is 0 Å². The fourth-order valence-corrected chi connectivity index (χ4v) is 3.20. The summed E-state index contributed by atoms with van der Waals surface area (Å²) in [5, 5.41) is 0. The second-order valence-corrected chi connectivity index (χ2v) is 5.73. The number of aryl methyl sites for hydroxylation is 1. The van der Waals surface area contributed by atoms with E-state index in [1.165, 1.54) is 12.1 Å². The predicted molar refractivity (Wildman–Crippen MR) is 72.8 cm³/mol. The van der Waals surface area contributed by atoms with Crippen molar-refractivity contribution in [3.8, 4) is 0 Å². The van der Waals surface area contributed by atoms with Crippen LogP contribution < -0.4 is 5.43 Å².